The fourth-order valence-corrected chi connectivity index (χ4v) is 4.85. The zero-order valence-electron chi connectivity index (χ0n) is 18.2. The molecule has 2 atom stereocenters. The number of hydrogen-bond acceptors (Lipinski definition) is 4. The first-order chi connectivity index (χ1) is 16.0. The van der Waals surface area contributed by atoms with Crippen LogP contribution in [0.15, 0.2) is 76.7 Å². The summed E-state index contributed by atoms with van der Waals surface area (Å²) in [5.74, 6) is -0.998. The lowest BCUT2D eigenvalue weighted by Gasteiger charge is -2.25. The minimum atomic E-state index is -4.28. The van der Waals surface area contributed by atoms with Crippen molar-refractivity contribution < 1.29 is 17.9 Å². The molecule has 1 aliphatic carbocycles. The van der Waals surface area contributed by atoms with Crippen LogP contribution in [0.4, 0.5) is 13.2 Å². The van der Waals surface area contributed by atoms with Gasteiger partial charge in [-0.2, -0.15) is 13.2 Å². The Hall–Kier alpha value is -2.71. The Kier molecular flexibility index (Phi) is 7.45. The third-order valence-electron chi connectivity index (χ3n) is 5.69. The van der Waals surface area contributed by atoms with E-state index < -0.39 is 18.0 Å². The van der Waals surface area contributed by atoms with Crippen LogP contribution >= 0.6 is 11.9 Å². The zero-order valence-corrected chi connectivity index (χ0v) is 19.0. The van der Waals surface area contributed by atoms with Crippen LogP contribution in [0, 0.1) is 11.8 Å². The van der Waals surface area contributed by atoms with E-state index in [4.69, 9.17) is 4.74 Å². The number of hydrogen-bond donors (Lipinski definition) is 2. The summed E-state index contributed by atoms with van der Waals surface area (Å²) in [4.78, 5) is 5.11. The molecule has 8 heteroatoms. The molecule has 0 amide bonds. The summed E-state index contributed by atoms with van der Waals surface area (Å²) in [6.07, 6.45) is 0.902. The monoisotopic (exact) mass is 473 g/mol. The normalized spacial score (nSPS) is 21.0. The van der Waals surface area contributed by atoms with E-state index in [2.05, 4.69) is 39.3 Å². The van der Waals surface area contributed by atoms with Crippen molar-refractivity contribution in [2.24, 2.45) is 16.8 Å². The van der Waals surface area contributed by atoms with Crippen LogP contribution in [0.1, 0.15) is 12.0 Å². The van der Waals surface area contributed by atoms with Crippen LogP contribution in [0.3, 0.4) is 0 Å². The number of ether oxygens (including phenoxy) is 1. The molecule has 1 aliphatic heterocycles. The number of benzene rings is 2. The summed E-state index contributed by atoms with van der Waals surface area (Å²) in [6, 6.07) is 16.3. The number of fused-ring (bicyclic) bond motifs is 1. The third kappa shape index (κ3) is 5.81. The Bertz CT molecular complexity index is 1030. The standard InChI is InChI=1S/C25H26F3N3OS/c1-32-20-12-10-19(11-13-20)18-8-6-17(7-9-18)16-29-14-3-15-30-24-23-21(25(26,27)28)4-2-5-22(23)33-31-24/h2,4-13,21,23,29H,3,14-16H2,1H3,(H,30,31). The number of nitrogens with zero attached hydrogens (tertiary/aromatic N) is 1. The molecule has 0 aromatic heterocycles. The molecule has 0 bridgehead atoms. The van der Waals surface area contributed by atoms with Gasteiger partial charge < -0.3 is 14.8 Å². The summed E-state index contributed by atoms with van der Waals surface area (Å²) in [5, 5.41) is 3.38. The van der Waals surface area contributed by atoms with Crippen molar-refractivity contribution in [1.29, 1.82) is 0 Å². The average molecular weight is 474 g/mol. The van der Waals surface area contributed by atoms with Gasteiger partial charge in [-0.3, -0.25) is 4.99 Å². The first kappa shape index (κ1) is 23.4. The van der Waals surface area contributed by atoms with Crippen LogP contribution in [0.2, 0.25) is 0 Å². The largest absolute Gasteiger partial charge is 0.497 e. The van der Waals surface area contributed by atoms with Crippen LogP contribution in [0.25, 0.3) is 11.1 Å². The molecule has 4 rings (SSSR count). The highest BCUT2D eigenvalue weighted by molar-refractivity contribution is 8.02. The smallest absolute Gasteiger partial charge is 0.396 e. The van der Waals surface area contributed by atoms with E-state index >= 15 is 0 Å². The molecule has 1 heterocycles. The predicted molar refractivity (Wildman–Crippen MR) is 128 cm³/mol. The summed E-state index contributed by atoms with van der Waals surface area (Å²) < 4.78 is 48.3. The fourth-order valence-electron chi connectivity index (χ4n) is 3.90. The molecular weight excluding hydrogens is 447 g/mol. The SMILES string of the molecule is COc1ccc(-c2ccc(CNCCCN=C3NSC4=CC=CC(C(F)(F)F)C43)cc2)cc1. The molecule has 2 N–H and O–H groups in total. The lowest BCUT2D eigenvalue weighted by Crippen LogP contribution is -2.35. The molecule has 1 fully saturated rings. The van der Waals surface area contributed by atoms with Gasteiger partial charge in [-0.1, -0.05) is 54.6 Å². The van der Waals surface area contributed by atoms with E-state index in [1.54, 1.807) is 13.2 Å². The van der Waals surface area contributed by atoms with Crippen molar-refractivity contribution >= 4 is 17.8 Å². The van der Waals surface area contributed by atoms with E-state index in [1.807, 2.05) is 24.3 Å². The minimum absolute atomic E-state index is 0.423. The number of allylic oxidation sites excluding steroid dienone is 3. The van der Waals surface area contributed by atoms with Crippen LogP contribution in [0.5, 0.6) is 5.75 Å². The molecule has 33 heavy (non-hydrogen) atoms. The summed E-state index contributed by atoms with van der Waals surface area (Å²) in [6.45, 7) is 1.94. The highest BCUT2D eigenvalue weighted by Crippen LogP contribution is 2.45. The van der Waals surface area contributed by atoms with Crippen LogP contribution < -0.4 is 14.8 Å². The second-order valence-electron chi connectivity index (χ2n) is 7.93. The van der Waals surface area contributed by atoms with Gasteiger partial charge in [0, 0.05) is 18.0 Å². The number of alkyl halides is 3. The molecule has 2 unspecified atom stereocenters. The van der Waals surface area contributed by atoms with Gasteiger partial charge in [0.1, 0.15) is 11.6 Å². The molecule has 4 nitrogen and oxygen atoms in total. The van der Waals surface area contributed by atoms with Crippen molar-refractivity contribution in [2.75, 3.05) is 20.2 Å². The number of halogens is 3. The first-order valence-corrected chi connectivity index (χ1v) is 11.6. The van der Waals surface area contributed by atoms with Gasteiger partial charge in [0.2, 0.25) is 0 Å². The van der Waals surface area contributed by atoms with Crippen molar-refractivity contribution in [3.05, 3.63) is 77.2 Å². The Morgan fingerprint density at radius 2 is 1.76 bits per heavy atom. The fraction of sp³-hybridized carbons (Fsp3) is 0.320. The predicted octanol–water partition coefficient (Wildman–Crippen LogP) is 5.74. The Morgan fingerprint density at radius 3 is 2.42 bits per heavy atom. The third-order valence-corrected chi connectivity index (χ3v) is 6.63. The number of nitrogens with one attached hydrogen (secondary N) is 2. The van der Waals surface area contributed by atoms with E-state index in [-0.39, 0.29) is 0 Å². The van der Waals surface area contributed by atoms with Gasteiger partial charge in [-0.25, -0.2) is 0 Å². The summed E-state index contributed by atoms with van der Waals surface area (Å²) in [7, 11) is 1.65. The molecule has 2 aromatic carbocycles. The highest BCUT2D eigenvalue weighted by atomic mass is 32.2. The average Bonchev–Trinajstić information content (AvgIpc) is 3.24. The van der Waals surface area contributed by atoms with Gasteiger partial charge >= 0.3 is 6.18 Å². The van der Waals surface area contributed by atoms with Gasteiger partial charge in [0.25, 0.3) is 0 Å². The van der Waals surface area contributed by atoms with E-state index in [0.717, 1.165) is 36.4 Å². The van der Waals surface area contributed by atoms with E-state index in [0.29, 0.717) is 17.3 Å². The van der Waals surface area contributed by atoms with Gasteiger partial charge in [0.05, 0.1) is 18.9 Å². The lowest BCUT2D eigenvalue weighted by molar-refractivity contribution is -0.165. The number of amidine groups is 1. The second-order valence-corrected chi connectivity index (χ2v) is 8.81. The Morgan fingerprint density at radius 1 is 1.06 bits per heavy atom. The summed E-state index contributed by atoms with van der Waals surface area (Å²) >= 11 is 1.23. The second kappa shape index (κ2) is 10.5. The van der Waals surface area contributed by atoms with Gasteiger partial charge in [-0.15, -0.1) is 0 Å². The van der Waals surface area contributed by atoms with Crippen molar-refractivity contribution in [3.8, 4) is 16.9 Å². The highest BCUT2D eigenvalue weighted by Gasteiger charge is 2.49. The van der Waals surface area contributed by atoms with Gasteiger partial charge in [0.15, 0.2) is 0 Å². The minimum Gasteiger partial charge on any atom is -0.497 e. The maximum Gasteiger partial charge on any atom is 0.396 e. The summed E-state index contributed by atoms with van der Waals surface area (Å²) in [5.41, 5.74) is 3.44. The van der Waals surface area contributed by atoms with Crippen molar-refractivity contribution in [2.45, 2.75) is 19.1 Å². The molecular formula is C25H26F3N3OS. The molecule has 1 saturated heterocycles. The number of aliphatic imine (C=N–C) groups is 1. The molecule has 2 aromatic rings. The first-order valence-electron chi connectivity index (χ1n) is 10.8. The molecule has 0 spiro atoms. The van der Waals surface area contributed by atoms with Crippen LogP contribution in [-0.4, -0.2) is 32.2 Å². The van der Waals surface area contributed by atoms with E-state index in [9.17, 15) is 13.2 Å². The van der Waals surface area contributed by atoms with Crippen LogP contribution in [-0.2, 0) is 6.54 Å². The van der Waals surface area contributed by atoms with E-state index in [1.165, 1.54) is 29.7 Å². The zero-order chi connectivity index (χ0) is 23.3. The molecule has 2 aliphatic rings. The topological polar surface area (TPSA) is 45.6 Å². The quantitative estimate of drug-likeness (QED) is 0.379. The maximum atomic E-state index is 13.4. The van der Waals surface area contributed by atoms with Crippen molar-refractivity contribution in [1.82, 2.24) is 10.0 Å². The number of rotatable bonds is 8. The molecule has 0 saturated carbocycles. The molecule has 174 valence electrons. The Labute approximate surface area is 196 Å². The van der Waals surface area contributed by atoms with Gasteiger partial charge in [-0.05, 0) is 53.7 Å². The molecule has 0 radical (unpaired) electrons. The Balaban J connectivity index is 1.22. The maximum absolute atomic E-state index is 13.4. The lowest BCUT2D eigenvalue weighted by atomic mass is 9.86. The number of methoxy groups -OCH3 is 1. The van der Waals surface area contributed by atoms with Crippen molar-refractivity contribution in [3.63, 3.8) is 0 Å².